The molecule has 110 valence electrons. The first-order valence-corrected chi connectivity index (χ1v) is 6.68. The fourth-order valence-electron chi connectivity index (χ4n) is 2.41. The number of rotatable bonds is 5. The molecule has 0 spiro atoms. The molecule has 2 heterocycles. The molecule has 1 saturated heterocycles. The quantitative estimate of drug-likeness (QED) is 0.639. The van der Waals surface area contributed by atoms with E-state index in [4.69, 9.17) is 10.5 Å². The highest BCUT2D eigenvalue weighted by atomic mass is 16.6. The molecule has 0 amide bonds. The van der Waals surface area contributed by atoms with Gasteiger partial charge in [-0.25, -0.2) is 4.98 Å². The van der Waals surface area contributed by atoms with Gasteiger partial charge in [-0.3, -0.25) is 10.1 Å². The van der Waals surface area contributed by atoms with Gasteiger partial charge in [0.25, 0.3) is 0 Å². The fraction of sp³-hybridized carbons (Fsp3) is 0.667. The molecule has 20 heavy (non-hydrogen) atoms. The van der Waals surface area contributed by atoms with E-state index in [0.717, 1.165) is 19.4 Å². The molecule has 1 aliphatic rings. The van der Waals surface area contributed by atoms with Crippen LogP contribution < -0.4 is 10.6 Å². The highest BCUT2D eigenvalue weighted by molar-refractivity contribution is 5.62. The molecule has 1 aromatic heterocycles. The lowest BCUT2D eigenvalue weighted by atomic mass is 10.2. The van der Waals surface area contributed by atoms with Crippen molar-refractivity contribution in [2.75, 3.05) is 30.3 Å². The van der Waals surface area contributed by atoms with E-state index in [1.54, 1.807) is 6.92 Å². The van der Waals surface area contributed by atoms with Crippen LogP contribution in [0.3, 0.4) is 0 Å². The van der Waals surface area contributed by atoms with Crippen LogP contribution in [0.15, 0.2) is 0 Å². The smallest absolute Gasteiger partial charge is 0.332 e. The molecule has 1 unspecified atom stereocenters. The number of nitrogen functional groups attached to an aromatic ring is 1. The number of ether oxygens (including phenoxy) is 1. The third-order valence-corrected chi connectivity index (χ3v) is 3.37. The number of hydrogen-bond donors (Lipinski definition) is 1. The first-order chi connectivity index (χ1) is 9.52. The molecule has 0 bridgehead atoms. The Morgan fingerprint density at radius 2 is 2.30 bits per heavy atom. The lowest BCUT2D eigenvalue weighted by Gasteiger charge is -2.24. The summed E-state index contributed by atoms with van der Waals surface area (Å²) in [7, 11) is 0. The van der Waals surface area contributed by atoms with Gasteiger partial charge in [-0.1, -0.05) is 0 Å². The van der Waals surface area contributed by atoms with Crippen LogP contribution in [0, 0.1) is 17.0 Å². The minimum Gasteiger partial charge on any atom is -0.376 e. The van der Waals surface area contributed by atoms with Crippen molar-refractivity contribution in [2.45, 2.75) is 32.8 Å². The maximum absolute atomic E-state index is 11.2. The normalized spacial score (nSPS) is 18.2. The summed E-state index contributed by atoms with van der Waals surface area (Å²) in [6.07, 6.45) is 2.07. The average molecular weight is 281 g/mol. The van der Waals surface area contributed by atoms with E-state index in [2.05, 4.69) is 9.97 Å². The van der Waals surface area contributed by atoms with Gasteiger partial charge in [0.05, 0.1) is 11.0 Å². The topological polar surface area (TPSA) is 107 Å². The van der Waals surface area contributed by atoms with Gasteiger partial charge in [0, 0.05) is 19.7 Å². The van der Waals surface area contributed by atoms with Crippen molar-refractivity contribution in [3.63, 3.8) is 0 Å². The van der Waals surface area contributed by atoms with Crippen molar-refractivity contribution in [3.8, 4) is 0 Å². The number of hydrogen-bond acceptors (Lipinski definition) is 7. The summed E-state index contributed by atoms with van der Waals surface area (Å²) < 4.78 is 5.58. The molecule has 8 heteroatoms. The predicted molar refractivity (Wildman–Crippen MR) is 74.7 cm³/mol. The van der Waals surface area contributed by atoms with Gasteiger partial charge in [-0.15, -0.1) is 0 Å². The first-order valence-electron chi connectivity index (χ1n) is 6.68. The Labute approximate surface area is 117 Å². The molecule has 8 nitrogen and oxygen atoms in total. The first kappa shape index (κ1) is 14.4. The standard InChI is InChI=1S/C12H19N5O3/c1-3-16(7-9-5-4-6-20-9)11-10(17(18)19)8(2)14-12(13)15-11/h9H,3-7H2,1-2H3,(H2,13,14,15). The van der Waals surface area contributed by atoms with Crippen LogP contribution in [0.5, 0.6) is 0 Å². The van der Waals surface area contributed by atoms with Gasteiger partial charge in [0.2, 0.25) is 11.8 Å². The van der Waals surface area contributed by atoms with Crippen molar-refractivity contribution in [1.29, 1.82) is 0 Å². The molecule has 1 aliphatic heterocycles. The van der Waals surface area contributed by atoms with E-state index in [1.807, 2.05) is 11.8 Å². The Morgan fingerprint density at radius 3 is 2.85 bits per heavy atom. The highest BCUT2D eigenvalue weighted by Crippen LogP contribution is 2.30. The van der Waals surface area contributed by atoms with Gasteiger partial charge in [-0.05, 0) is 26.7 Å². The third kappa shape index (κ3) is 2.96. The number of likely N-dealkylation sites (N-methyl/N-ethyl adjacent to an activating group) is 1. The summed E-state index contributed by atoms with van der Waals surface area (Å²) >= 11 is 0. The van der Waals surface area contributed by atoms with Gasteiger partial charge < -0.3 is 15.4 Å². The van der Waals surface area contributed by atoms with E-state index >= 15 is 0 Å². The maximum atomic E-state index is 11.2. The molecular formula is C12H19N5O3. The second-order valence-corrected chi connectivity index (χ2v) is 4.77. The molecule has 1 aromatic rings. The van der Waals surface area contributed by atoms with Crippen LogP contribution in [0.4, 0.5) is 17.5 Å². The molecule has 0 aliphatic carbocycles. The second-order valence-electron chi connectivity index (χ2n) is 4.77. The Hall–Kier alpha value is -1.96. The Morgan fingerprint density at radius 1 is 1.55 bits per heavy atom. The molecule has 0 radical (unpaired) electrons. The molecule has 1 atom stereocenters. The maximum Gasteiger partial charge on any atom is 0.332 e. The largest absolute Gasteiger partial charge is 0.376 e. The zero-order valence-electron chi connectivity index (χ0n) is 11.7. The number of anilines is 2. The van der Waals surface area contributed by atoms with Crippen molar-refractivity contribution < 1.29 is 9.66 Å². The molecule has 2 rings (SSSR count). The average Bonchev–Trinajstić information content (AvgIpc) is 2.87. The highest BCUT2D eigenvalue weighted by Gasteiger charge is 2.28. The summed E-state index contributed by atoms with van der Waals surface area (Å²) in [4.78, 5) is 20.5. The summed E-state index contributed by atoms with van der Waals surface area (Å²) in [5.41, 5.74) is 5.82. The lowest BCUT2D eigenvalue weighted by Crippen LogP contribution is -2.33. The lowest BCUT2D eigenvalue weighted by molar-refractivity contribution is -0.385. The summed E-state index contributed by atoms with van der Waals surface area (Å²) in [6, 6.07) is 0. The second kappa shape index (κ2) is 6.00. The number of nitro groups is 1. The monoisotopic (exact) mass is 281 g/mol. The number of aryl methyl sites for hydroxylation is 1. The van der Waals surface area contributed by atoms with Crippen molar-refractivity contribution in [1.82, 2.24) is 9.97 Å². The van der Waals surface area contributed by atoms with Gasteiger partial charge in [0.15, 0.2) is 0 Å². The van der Waals surface area contributed by atoms with E-state index < -0.39 is 4.92 Å². The van der Waals surface area contributed by atoms with Crippen LogP contribution in [0.1, 0.15) is 25.5 Å². The number of aromatic nitrogens is 2. The Balaban J connectivity index is 2.34. The summed E-state index contributed by atoms with van der Waals surface area (Å²) in [6.45, 7) is 5.41. The van der Waals surface area contributed by atoms with Crippen LogP contribution in [-0.2, 0) is 4.74 Å². The van der Waals surface area contributed by atoms with Crippen LogP contribution >= 0.6 is 0 Å². The zero-order chi connectivity index (χ0) is 14.7. The predicted octanol–water partition coefficient (Wildman–Crippen LogP) is 1.28. The van der Waals surface area contributed by atoms with Gasteiger partial charge >= 0.3 is 5.69 Å². The molecule has 2 N–H and O–H groups in total. The zero-order valence-corrected chi connectivity index (χ0v) is 11.7. The molecular weight excluding hydrogens is 262 g/mol. The fourth-order valence-corrected chi connectivity index (χ4v) is 2.41. The van der Waals surface area contributed by atoms with Gasteiger partial charge in [0.1, 0.15) is 5.69 Å². The van der Waals surface area contributed by atoms with Crippen molar-refractivity contribution >= 4 is 17.5 Å². The van der Waals surface area contributed by atoms with E-state index in [-0.39, 0.29) is 29.3 Å². The van der Waals surface area contributed by atoms with Crippen LogP contribution in [0.2, 0.25) is 0 Å². The van der Waals surface area contributed by atoms with Gasteiger partial charge in [-0.2, -0.15) is 4.98 Å². The van der Waals surface area contributed by atoms with Crippen molar-refractivity contribution in [2.24, 2.45) is 0 Å². The van der Waals surface area contributed by atoms with Crippen LogP contribution in [0.25, 0.3) is 0 Å². The summed E-state index contributed by atoms with van der Waals surface area (Å²) in [5, 5.41) is 11.2. The molecule has 0 saturated carbocycles. The summed E-state index contributed by atoms with van der Waals surface area (Å²) in [5.74, 6) is 0.326. The Kier molecular flexibility index (Phi) is 4.33. The minimum absolute atomic E-state index is 0.0499. The Bertz CT molecular complexity index is 502. The number of nitrogens with two attached hydrogens (primary N) is 1. The van der Waals surface area contributed by atoms with E-state index in [9.17, 15) is 10.1 Å². The molecule has 1 fully saturated rings. The molecule has 0 aromatic carbocycles. The van der Waals surface area contributed by atoms with Crippen molar-refractivity contribution in [3.05, 3.63) is 15.8 Å². The van der Waals surface area contributed by atoms with E-state index in [0.29, 0.717) is 13.1 Å². The third-order valence-electron chi connectivity index (χ3n) is 3.37. The SMILES string of the molecule is CCN(CC1CCCO1)c1nc(N)nc(C)c1[N+](=O)[O-]. The minimum atomic E-state index is -0.456. The van der Waals surface area contributed by atoms with E-state index in [1.165, 1.54) is 0 Å². The number of nitrogens with zero attached hydrogens (tertiary/aromatic N) is 4. The van der Waals surface area contributed by atoms with Crippen LogP contribution in [-0.4, -0.2) is 40.7 Å².